The molecule has 2 aliphatic heterocycles. The second-order valence-corrected chi connectivity index (χ2v) is 6.57. The molecule has 4 nitrogen and oxygen atoms in total. The molecule has 0 radical (unpaired) electrons. The molecule has 0 aromatic heterocycles. The van der Waals surface area contributed by atoms with E-state index >= 15 is 0 Å². The van der Waals surface area contributed by atoms with Crippen molar-refractivity contribution in [3.05, 3.63) is 0 Å². The van der Waals surface area contributed by atoms with Crippen LogP contribution in [0, 0.1) is 5.92 Å². The fraction of sp³-hybridized carbons (Fsp3) is 1.00. The lowest BCUT2D eigenvalue weighted by Gasteiger charge is -2.56. The van der Waals surface area contributed by atoms with Crippen LogP contribution in [0.4, 0.5) is 0 Å². The fourth-order valence-electron chi connectivity index (χ4n) is 2.97. The lowest BCUT2D eigenvalue weighted by Crippen LogP contribution is -2.67. The molecular formula is C12H24N2O2. The van der Waals surface area contributed by atoms with Gasteiger partial charge in [0, 0.05) is 11.1 Å². The third-order valence-electron chi connectivity index (χ3n) is 4.42. The number of hydroxylamine groups is 4. The van der Waals surface area contributed by atoms with Crippen LogP contribution < -0.4 is 0 Å². The lowest BCUT2D eigenvalue weighted by atomic mass is 9.76. The number of hydrogen-bond donors (Lipinski definition) is 2. The summed E-state index contributed by atoms with van der Waals surface area (Å²) in [4.78, 5) is 0. The van der Waals surface area contributed by atoms with Crippen molar-refractivity contribution in [2.24, 2.45) is 5.92 Å². The fourth-order valence-corrected chi connectivity index (χ4v) is 2.97. The maximum absolute atomic E-state index is 10.3. The molecule has 94 valence electrons. The van der Waals surface area contributed by atoms with Gasteiger partial charge in [0.1, 0.15) is 6.17 Å². The smallest absolute Gasteiger partial charge is 0.114 e. The van der Waals surface area contributed by atoms with Gasteiger partial charge < -0.3 is 10.4 Å². The first kappa shape index (κ1) is 12.3. The maximum Gasteiger partial charge on any atom is 0.114 e. The third kappa shape index (κ3) is 1.78. The number of rotatable bonds is 0. The summed E-state index contributed by atoms with van der Waals surface area (Å²) < 4.78 is 0. The summed E-state index contributed by atoms with van der Waals surface area (Å²) in [6, 6.07) is 0. The number of nitrogens with zero attached hydrogens (tertiary/aromatic N) is 2. The van der Waals surface area contributed by atoms with E-state index in [1.807, 2.05) is 27.7 Å². The zero-order valence-electron chi connectivity index (χ0n) is 10.8. The molecule has 0 spiro atoms. The highest BCUT2D eigenvalue weighted by atomic mass is 16.6. The van der Waals surface area contributed by atoms with Crippen molar-refractivity contribution < 1.29 is 10.4 Å². The minimum absolute atomic E-state index is 0.241. The first-order valence-corrected chi connectivity index (χ1v) is 6.22. The molecule has 0 amide bonds. The molecule has 2 heterocycles. The van der Waals surface area contributed by atoms with Crippen molar-refractivity contribution in [1.29, 1.82) is 0 Å². The average molecular weight is 228 g/mol. The van der Waals surface area contributed by atoms with E-state index in [4.69, 9.17) is 0 Å². The van der Waals surface area contributed by atoms with E-state index in [-0.39, 0.29) is 17.2 Å². The van der Waals surface area contributed by atoms with Crippen molar-refractivity contribution in [3.63, 3.8) is 0 Å². The Morgan fingerprint density at radius 1 is 0.875 bits per heavy atom. The molecule has 2 saturated heterocycles. The van der Waals surface area contributed by atoms with Crippen LogP contribution in [0.1, 0.15) is 53.4 Å². The van der Waals surface area contributed by atoms with Crippen LogP contribution in [0.5, 0.6) is 0 Å². The van der Waals surface area contributed by atoms with Crippen LogP contribution in [0.15, 0.2) is 0 Å². The Bertz CT molecular complexity index is 252. The molecule has 0 aromatic rings. The summed E-state index contributed by atoms with van der Waals surface area (Å²) in [6.45, 7) is 8.11. The molecule has 2 rings (SSSR count). The van der Waals surface area contributed by atoms with Gasteiger partial charge in [-0.2, -0.15) is 10.1 Å². The topological polar surface area (TPSA) is 46.9 Å². The van der Waals surface area contributed by atoms with E-state index in [2.05, 4.69) is 0 Å². The van der Waals surface area contributed by atoms with E-state index < -0.39 is 0 Å². The molecule has 2 N–H and O–H groups in total. The van der Waals surface area contributed by atoms with Gasteiger partial charge in [-0.15, -0.1) is 0 Å². The van der Waals surface area contributed by atoms with Crippen LogP contribution in [0.3, 0.4) is 0 Å². The minimum atomic E-state index is -0.243. The third-order valence-corrected chi connectivity index (χ3v) is 4.42. The molecule has 0 unspecified atom stereocenters. The minimum Gasteiger partial charge on any atom is -0.312 e. The molecule has 2 fully saturated rings. The second kappa shape index (κ2) is 3.67. The van der Waals surface area contributed by atoms with Gasteiger partial charge in [-0.05, 0) is 59.3 Å². The maximum atomic E-state index is 10.3. The number of piperidine rings is 2. The quantitative estimate of drug-likeness (QED) is 0.668. The van der Waals surface area contributed by atoms with Gasteiger partial charge in [0.25, 0.3) is 0 Å². The first-order valence-electron chi connectivity index (χ1n) is 6.22. The summed E-state index contributed by atoms with van der Waals surface area (Å²) in [5, 5.41) is 23.3. The SMILES string of the molecule is CC1(C)CCC2CCC(C)(C)N(O)C2N1O. The average Bonchev–Trinajstić information content (AvgIpc) is 2.18. The van der Waals surface area contributed by atoms with E-state index in [9.17, 15) is 10.4 Å². The lowest BCUT2D eigenvalue weighted by molar-refractivity contribution is -0.352. The van der Waals surface area contributed by atoms with Gasteiger partial charge in [-0.25, -0.2) is 0 Å². The molecular weight excluding hydrogens is 204 g/mol. The molecule has 0 atom stereocenters. The van der Waals surface area contributed by atoms with Gasteiger partial charge in [0.15, 0.2) is 0 Å². The Hall–Kier alpha value is -0.160. The van der Waals surface area contributed by atoms with Crippen molar-refractivity contribution in [2.45, 2.75) is 70.6 Å². The zero-order chi connectivity index (χ0) is 12.1. The molecule has 16 heavy (non-hydrogen) atoms. The van der Waals surface area contributed by atoms with Crippen molar-refractivity contribution in [1.82, 2.24) is 10.1 Å². The standard InChI is InChI=1S/C12H24N2O2/c1-11(2)7-5-9-6-8-12(3,4)14(16)10(9)13(11)15/h9-10,15-16H,5-8H2,1-4H3. The molecule has 0 saturated carbocycles. The summed E-state index contributed by atoms with van der Waals surface area (Å²) >= 11 is 0. The van der Waals surface area contributed by atoms with Crippen LogP contribution in [-0.2, 0) is 0 Å². The highest BCUT2D eigenvalue weighted by Crippen LogP contribution is 2.43. The van der Waals surface area contributed by atoms with E-state index in [1.54, 1.807) is 0 Å². The summed E-state index contributed by atoms with van der Waals surface area (Å²) in [5.41, 5.74) is -0.481. The van der Waals surface area contributed by atoms with Gasteiger partial charge >= 0.3 is 0 Å². The normalized spacial score (nSPS) is 39.4. The Balaban J connectivity index is 2.24. The van der Waals surface area contributed by atoms with E-state index in [1.165, 1.54) is 10.1 Å². The molecule has 0 aliphatic carbocycles. The Kier molecular flexibility index (Phi) is 2.82. The highest BCUT2D eigenvalue weighted by Gasteiger charge is 2.50. The highest BCUT2D eigenvalue weighted by molar-refractivity contribution is 4.96. The van der Waals surface area contributed by atoms with Crippen LogP contribution in [0.25, 0.3) is 0 Å². The zero-order valence-corrected chi connectivity index (χ0v) is 10.8. The van der Waals surface area contributed by atoms with E-state index in [0.717, 1.165) is 25.7 Å². The van der Waals surface area contributed by atoms with Gasteiger partial charge in [-0.1, -0.05) is 0 Å². The number of fused-ring (bicyclic) bond motifs is 1. The molecule has 0 bridgehead atoms. The van der Waals surface area contributed by atoms with Gasteiger partial charge in [0.2, 0.25) is 0 Å². The second-order valence-electron chi connectivity index (χ2n) is 6.57. The molecule has 4 heteroatoms. The van der Waals surface area contributed by atoms with Crippen LogP contribution >= 0.6 is 0 Å². The summed E-state index contributed by atoms with van der Waals surface area (Å²) in [5.74, 6) is 0.385. The van der Waals surface area contributed by atoms with Crippen LogP contribution in [-0.4, -0.2) is 37.8 Å². The van der Waals surface area contributed by atoms with E-state index in [0.29, 0.717) is 5.92 Å². The van der Waals surface area contributed by atoms with Crippen molar-refractivity contribution >= 4 is 0 Å². The monoisotopic (exact) mass is 228 g/mol. The summed E-state index contributed by atoms with van der Waals surface area (Å²) in [7, 11) is 0. The predicted octanol–water partition coefficient (Wildman–Crippen LogP) is 2.46. The Morgan fingerprint density at radius 2 is 1.25 bits per heavy atom. The van der Waals surface area contributed by atoms with Crippen molar-refractivity contribution in [3.8, 4) is 0 Å². The van der Waals surface area contributed by atoms with Gasteiger partial charge in [0.05, 0.1) is 0 Å². The number of hydrogen-bond acceptors (Lipinski definition) is 4. The predicted molar refractivity (Wildman–Crippen MR) is 61.2 cm³/mol. The first-order chi connectivity index (χ1) is 7.26. The van der Waals surface area contributed by atoms with Crippen LogP contribution in [0.2, 0.25) is 0 Å². The summed E-state index contributed by atoms with van der Waals surface area (Å²) in [6.07, 6.45) is 3.90. The molecule has 2 aliphatic rings. The van der Waals surface area contributed by atoms with Gasteiger partial charge in [-0.3, -0.25) is 0 Å². The van der Waals surface area contributed by atoms with Crippen molar-refractivity contribution in [2.75, 3.05) is 0 Å². The largest absolute Gasteiger partial charge is 0.312 e. The Labute approximate surface area is 97.8 Å². The Morgan fingerprint density at radius 3 is 1.62 bits per heavy atom. The molecule has 0 aromatic carbocycles.